The normalized spacial score (nSPS) is 15.2. The second-order valence-electron chi connectivity index (χ2n) is 11.6. The molecule has 2 aromatic carbocycles. The summed E-state index contributed by atoms with van der Waals surface area (Å²) in [5.41, 5.74) is -0.381. The van der Waals surface area contributed by atoms with Crippen LogP contribution in [0.2, 0.25) is 0 Å². The molecule has 0 radical (unpaired) electrons. The van der Waals surface area contributed by atoms with Crippen LogP contribution in [0.1, 0.15) is 56.8 Å². The number of hydrogen-bond donors (Lipinski definition) is 1. The smallest absolute Gasteiger partial charge is 0.341 e. The maximum absolute atomic E-state index is 14.7. The van der Waals surface area contributed by atoms with E-state index < -0.39 is 59.6 Å². The zero-order chi connectivity index (χ0) is 34.7. The number of carbonyl (C=O) groups excluding carboxylic acids is 4. The molecule has 0 aliphatic carbocycles. The number of Topliss-reactive ketones (excluding diaryl/α,β-unsaturated/α-hetero) is 1. The molecule has 1 heterocycles. The van der Waals surface area contributed by atoms with Gasteiger partial charge in [0.25, 0.3) is 5.91 Å². The molecular formula is C34H40FNO11. The Hall–Kier alpha value is -4.94. The van der Waals surface area contributed by atoms with Crippen molar-refractivity contribution in [3.8, 4) is 17.2 Å². The Morgan fingerprint density at radius 1 is 1.06 bits per heavy atom. The second kappa shape index (κ2) is 16.6. The molecule has 1 aliphatic heterocycles. The van der Waals surface area contributed by atoms with Crippen molar-refractivity contribution in [2.75, 3.05) is 34.0 Å². The van der Waals surface area contributed by atoms with Gasteiger partial charge in [0.15, 0.2) is 18.1 Å². The fourth-order valence-corrected chi connectivity index (χ4v) is 5.06. The lowest BCUT2D eigenvalue weighted by molar-refractivity contribution is -0.165. The van der Waals surface area contributed by atoms with Gasteiger partial charge in [-0.2, -0.15) is 0 Å². The first-order valence-corrected chi connectivity index (χ1v) is 15.0. The van der Waals surface area contributed by atoms with E-state index in [0.717, 1.165) is 23.8 Å². The topological polar surface area (TPSA) is 155 Å². The van der Waals surface area contributed by atoms with Crippen LogP contribution in [0.4, 0.5) is 4.39 Å². The maximum Gasteiger partial charge on any atom is 0.341 e. The van der Waals surface area contributed by atoms with Crippen LogP contribution in [0.3, 0.4) is 0 Å². The number of hydrogen-bond acceptors (Lipinski definition) is 10. The first-order chi connectivity index (χ1) is 22.3. The molecule has 1 saturated heterocycles. The van der Waals surface area contributed by atoms with E-state index in [-0.39, 0.29) is 37.3 Å². The highest BCUT2D eigenvalue weighted by Gasteiger charge is 2.42. The average molecular weight is 658 g/mol. The number of aryl methyl sites for hydroxylation is 1. The van der Waals surface area contributed by atoms with E-state index in [1.165, 1.54) is 39.0 Å². The van der Waals surface area contributed by atoms with Crippen LogP contribution in [0, 0.1) is 11.2 Å². The van der Waals surface area contributed by atoms with E-state index >= 15 is 0 Å². The maximum atomic E-state index is 14.7. The largest absolute Gasteiger partial charge is 0.493 e. The Kier molecular flexibility index (Phi) is 12.9. The Bertz CT molecular complexity index is 1490. The van der Waals surface area contributed by atoms with Crippen molar-refractivity contribution in [2.24, 2.45) is 5.41 Å². The quantitative estimate of drug-likeness (QED) is 0.157. The van der Waals surface area contributed by atoms with Crippen LogP contribution >= 0.6 is 0 Å². The highest BCUT2D eigenvalue weighted by molar-refractivity contribution is 6.38. The van der Waals surface area contributed by atoms with Gasteiger partial charge in [0.1, 0.15) is 30.3 Å². The molecular weight excluding hydrogens is 617 g/mol. The zero-order valence-electron chi connectivity index (χ0n) is 26.9. The van der Waals surface area contributed by atoms with Gasteiger partial charge in [-0.3, -0.25) is 9.59 Å². The molecule has 1 aliphatic rings. The summed E-state index contributed by atoms with van der Waals surface area (Å²) in [5.74, 6) is -4.37. The number of nitrogens with zero attached hydrogens (tertiary/aromatic N) is 1. The Morgan fingerprint density at radius 2 is 1.79 bits per heavy atom. The number of ether oxygens (including phenoxy) is 5. The van der Waals surface area contributed by atoms with Crippen molar-refractivity contribution in [2.45, 2.75) is 58.1 Å². The highest BCUT2D eigenvalue weighted by atomic mass is 19.1. The number of likely N-dealkylation sites (tertiary alicyclic amines) is 1. The van der Waals surface area contributed by atoms with Gasteiger partial charge in [0.05, 0.1) is 19.6 Å². The number of ketones is 1. The molecule has 0 saturated carbocycles. The van der Waals surface area contributed by atoms with Gasteiger partial charge in [-0.1, -0.05) is 12.6 Å². The molecule has 1 amide bonds. The molecule has 0 unspecified atom stereocenters. The fourth-order valence-electron chi connectivity index (χ4n) is 5.06. The summed E-state index contributed by atoms with van der Waals surface area (Å²) >= 11 is 0. The third-order valence-corrected chi connectivity index (χ3v) is 7.62. The number of rotatable bonds is 16. The number of amides is 1. The van der Waals surface area contributed by atoms with Crippen molar-refractivity contribution in [3.63, 3.8) is 0 Å². The van der Waals surface area contributed by atoms with Crippen LogP contribution in [-0.4, -0.2) is 79.6 Å². The lowest BCUT2D eigenvalue weighted by Gasteiger charge is -2.36. The van der Waals surface area contributed by atoms with Gasteiger partial charge in [-0.05, 0) is 81.3 Å². The average Bonchev–Trinajstić information content (AvgIpc) is 3.06. The molecule has 47 heavy (non-hydrogen) atoms. The van der Waals surface area contributed by atoms with Gasteiger partial charge < -0.3 is 33.7 Å². The Balaban J connectivity index is 1.89. The van der Waals surface area contributed by atoms with Gasteiger partial charge >= 0.3 is 17.9 Å². The van der Waals surface area contributed by atoms with Crippen LogP contribution in [0.25, 0.3) is 0 Å². The highest BCUT2D eigenvalue weighted by Crippen LogP contribution is 2.33. The summed E-state index contributed by atoms with van der Waals surface area (Å²) in [6.45, 7) is 5.27. The molecule has 2 aromatic rings. The summed E-state index contributed by atoms with van der Waals surface area (Å²) in [6, 6.07) is 7.73. The van der Waals surface area contributed by atoms with E-state index in [9.17, 15) is 28.4 Å². The van der Waals surface area contributed by atoms with Crippen molar-refractivity contribution in [3.05, 3.63) is 66.0 Å². The molecule has 1 fully saturated rings. The standard InChI is InChI=1S/C34H40FNO11/c1-6-30(39)46-20-34(2,3)31(40)32(41)36-14-8-7-9-25(36)33(42)47-26(12-10-21-11-13-27(43-4)28(15-21)44-5)22-16-23(35)18-24(17-22)45-19-29(37)38/h6,11,13,15-18,25-26H,1,7-10,12,14,19-20H2,2-5H3,(H,37,38)/t25-,26+/m0/s1. The lowest BCUT2D eigenvalue weighted by Crippen LogP contribution is -2.53. The first kappa shape index (κ1) is 36.5. The minimum absolute atomic E-state index is 0.0750. The number of benzene rings is 2. The van der Waals surface area contributed by atoms with Crippen LogP contribution in [-0.2, 0) is 39.9 Å². The van der Waals surface area contributed by atoms with Crippen molar-refractivity contribution in [1.29, 1.82) is 0 Å². The molecule has 254 valence electrons. The van der Waals surface area contributed by atoms with E-state index in [0.29, 0.717) is 30.8 Å². The van der Waals surface area contributed by atoms with E-state index in [1.54, 1.807) is 18.2 Å². The number of carbonyl (C=O) groups is 5. The zero-order valence-corrected chi connectivity index (χ0v) is 26.9. The minimum atomic E-state index is -1.38. The predicted octanol–water partition coefficient (Wildman–Crippen LogP) is 4.23. The van der Waals surface area contributed by atoms with Gasteiger partial charge in [0, 0.05) is 18.7 Å². The summed E-state index contributed by atoms with van der Waals surface area (Å²) in [6.07, 6.45) is 1.74. The van der Waals surface area contributed by atoms with Gasteiger partial charge in [-0.25, -0.2) is 18.8 Å². The first-order valence-electron chi connectivity index (χ1n) is 15.0. The number of methoxy groups -OCH3 is 2. The van der Waals surface area contributed by atoms with Crippen molar-refractivity contribution < 1.29 is 57.2 Å². The van der Waals surface area contributed by atoms with Crippen LogP contribution < -0.4 is 14.2 Å². The number of esters is 2. The van der Waals surface area contributed by atoms with Crippen LogP contribution in [0.5, 0.6) is 17.2 Å². The number of aliphatic carboxylic acids is 1. The molecule has 1 N–H and O–H groups in total. The van der Waals surface area contributed by atoms with Gasteiger partial charge in [-0.15, -0.1) is 0 Å². The third-order valence-electron chi connectivity index (χ3n) is 7.62. The molecule has 3 rings (SSSR count). The van der Waals surface area contributed by atoms with E-state index in [1.807, 2.05) is 0 Å². The molecule has 2 atom stereocenters. The van der Waals surface area contributed by atoms with E-state index in [4.69, 9.17) is 28.8 Å². The molecule has 0 spiro atoms. The Labute approximate surface area is 272 Å². The second-order valence-corrected chi connectivity index (χ2v) is 11.6. The van der Waals surface area contributed by atoms with Gasteiger partial charge in [0.2, 0.25) is 5.78 Å². The molecule has 12 nitrogen and oxygen atoms in total. The van der Waals surface area contributed by atoms with Crippen LogP contribution in [0.15, 0.2) is 49.1 Å². The molecule has 0 aromatic heterocycles. The number of halogens is 1. The SMILES string of the molecule is C=CC(=O)OCC(C)(C)C(=O)C(=O)N1CCCC[C@H]1C(=O)O[C@H](CCc1ccc(OC)c(OC)c1)c1cc(F)cc(OCC(=O)O)c1. The summed E-state index contributed by atoms with van der Waals surface area (Å²) in [5, 5.41) is 9.01. The Morgan fingerprint density at radius 3 is 2.45 bits per heavy atom. The van der Waals surface area contributed by atoms with E-state index in [2.05, 4.69) is 6.58 Å². The number of piperidine rings is 1. The molecule has 13 heteroatoms. The van der Waals surface area contributed by atoms with Crippen molar-refractivity contribution >= 4 is 29.6 Å². The lowest BCUT2D eigenvalue weighted by atomic mass is 9.87. The third kappa shape index (κ3) is 10.0. The monoisotopic (exact) mass is 657 g/mol. The summed E-state index contributed by atoms with van der Waals surface area (Å²) < 4.78 is 41.6. The van der Waals surface area contributed by atoms with Crippen molar-refractivity contribution in [1.82, 2.24) is 4.90 Å². The fraction of sp³-hybridized carbons (Fsp3) is 0.441. The summed E-state index contributed by atoms with van der Waals surface area (Å²) in [7, 11) is 3.00. The minimum Gasteiger partial charge on any atom is -0.493 e. The summed E-state index contributed by atoms with van der Waals surface area (Å²) in [4.78, 5) is 64.2. The number of carboxylic acids is 1. The number of carboxylic acid groups (broad SMARTS) is 1. The predicted molar refractivity (Wildman–Crippen MR) is 166 cm³/mol. The molecule has 0 bridgehead atoms.